The molecule has 0 saturated carbocycles. The van der Waals surface area contributed by atoms with Crippen LogP contribution in [0.1, 0.15) is 27.8 Å². The van der Waals surface area contributed by atoms with Gasteiger partial charge in [0, 0.05) is 23.3 Å². The molecule has 0 bridgehead atoms. The van der Waals surface area contributed by atoms with Gasteiger partial charge in [0.25, 0.3) is 5.91 Å². The molecule has 0 spiro atoms. The maximum Gasteiger partial charge on any atom is 0.289 e. The fourth-order valence-electron chi connectivity index (χ4n) is 3.71. The number of hydrogen-bond acceptors (Lipinski definition) is 5. The molecule has 0 aliphatic heterocycles. The molecule has 2 aromatic carbocycles. The van der Waals surface area contributed by atoms with Crippen LogP contribution in [0, 0.1) is 6.92 Å². The number of aromatic nitrogens is 5. The summed E-state index contributed by atoms with van der Waals surface area (Å²) in [6.45, 7) is 1.75. The van der Waals surface area contributed by atoms with Crippen LogP contribution >= 0.6 is 0 Å². The molecule has 8 heteroatoms. The first kappa shape index (κ1) is 19.0. The van der Waals surface area contributed by atoms with Gasteiger partial charge < -0.3 is 15.5 Å². The standard InChI is InChI=1S/C23H20N6O2/c1-13-3-2-4-15(9-13)20(12-30)27-23(31)22-25-18-10-16-17(11-19(18)26-22)28-29-21(16)14-5-7-24-8-6-14/h2-11,20,28-30H,12H2,1H3,(H,27,31)/t20-/m1/s1. The quantitative estimate of drug-likeness (QED) is 0.353. The number of benzene rings is 2. The Balaban J connectivity index is 1.47. The van der Waals surface area contributed by atoms with E-state index in [2.05, 4.69) is 30.5 Å². The largest absolute Gasteiger partial charge is 0.394 e. The van der Waals surface area contributed by atoms with Crippen LogP contribution in [-0.4, -0.2) is 42.8 Å². The van der Waals surface area contributed by atoms with Gasteiger partial charge in [-0.25, -0.2) is 9.97 Å². The van der Waals surface area contributed by atoms with E-state index in [1.807, 2.05) is 55.5 Å². The lowest BCUT2D eigenvalue weighted by molar-refractivity contribution is 0.0907. The molecule has 3 aromatic heterocycles. The fraction of sp³-hybridized carbons (Fsp3) is 0.130. The average molecular weight is 412 g/mol. The van der Waals surface area contributed by atoms with E-state index >= 15 is 0 Å². The summed E-state index contributed by atoms with van der Waals surface area (Å²) in [7, 11) is 0. The van der Waals surface area contributed by atoms with Crippen LogP contribution in [0.15, 0.2) is 60.9 Å². The molecule has 0 aliphatic carbocycles. The van der Waals surface area contributed by atoms with Crippen molar-refractivity contribution in [2.75, 3.05) is 6.61 Å². The van der Waals surface area contributed by atoms with E-state index < -0.39 is 11.9 Å². The number of nitrogens with one attached hydrogen (secondary N) is 3. The number of carbonyl (C=O) groups excluding carboxylic acids is 1. The van der Waals surface area contributed by atoms with Crippen molar-refractivity contribution in [2.45, 2.75) is 13.0 Å². The number of rotatable bonds is 5. The van der Waals surface area contributed by atoms with E-state index in [9.17, 15) is 9.90 Å². The molecule has 154 valence electrons. The molecule has 0 fully saturated rings. The minimum absolute atomic E-state index is 0.0724. The zero-order chi connectivity index (χ0) is 21.4. The smallest absolute Gasteiger partial charge is 0.289 e. The lowest BCUT2D eigenvalue weighted by Crippen LogP contribution is -2.31. The summed E-state index contributed by atoms with van der Waals surface area (Å²) in [4.78, 5) is 25.7. The Labute approximate surface area is 177 Å². The van der Waals surface area contributed by atoms with E-state index in [1.165, 1.54) is 0 Å². The monoisotopic (exact) mass is 412 g/mol. The second kappa shape index (κ2) is 7.66. The molecule has 1 amide bonds. The predicted molar refractivity (Wildman–Crippen MR) is 117 cm³/mol. The first-order chi connectivity index (χ1) is 15.1. The van der Waals surface area contributed by atoms with Gasteiger partial charge in [0.2, 0.25) is 5.82 Å². The number of fused-ring (bicyclic) bond motifs is 2. The van der Waals surface area contributed by atoms with Gasteiger partial charge >= 0.3 is 0 Å². The summed E-state index contributed by atoms with van der Waals surface area (Å²) in [6, 6.07) is 14.7. The molecule has 31 heavy (non-hydrogen) atoms. The third-order valence-electron chi connectivity index (χ3n) is 5.26. The third kappa shape index (κ3) is 3.53. The molecule has 1 atom stereocenters. The molecular formula is C23H20N6O2. The topological polar surface area (TPSA) is 120 Å². The van der Waals surface area contributed by atoms with Crippen LogP contribution in [0.3, 0.4) is 0 Å². The summed E-state index contributed by atoms with van der Waals surface area (Å²) in [5, 5.41) is 19.9. The maximum atomic E-state index is 12.8. The highest BCUT2D eigenvalue weighted by Crippen LogP contribution is 2.29. The van der Waals surface area contributed by atoms with Crippen molar-refractivity contribution in [1.29, 1.82) is 0 Å². The molecular weight excluding hydrogens is 392 g/mol. The van der Waals surface area contributed by atoms with Crippen LogP contribution in [0.5, 0.6) is 0 Å². The zero-order valence-electron chi connectivity index (χ0n) is 16.8. The van der Waals surface area contributed by atoms with E-state index in [0.717, 1.165) is 33.3 Å². The number of aryl methyl sites for hydroxylation is 1. The number of imidazole rings is 1. The highest BCUT2D eigenvalue weighted by molar-refractivity contribution is 6.02. The number of H-pyrrole nitrogens is 2. The normalized spacial score (nSPS) is 12.3. The van der Waals surface area contributed by atoms with Crippen molar-refractivity contribution in [3.05, 3.63) is 77.9 Å². The van der Waals surface area contributed by atoms with Crippen molar-refractivity contribution >= 4 is 27.8 Å². The number of carbonyl (C=O) groups is 1. The summed E-state index contributed by atoms with van der Waals surface area (Å²) in [5.41, 5.74) is 5.88. The van der Waals surface area contributed by atoms with Gasteiger partial charge in [0.15, 0.2) is 0 Å². The highest BCUT2D eigenvalue weighted by Gasteiger charge is 2.19. The Bertz CT molecular complexity index is 1390. The first-order valence-electron chi connectivity index (χ1n) is 9.89. The van der Waals surface area contributed by atoms with E-state index in [-0.39, 0.29) is 12.4 Å². The lowest BCUT2D eigenvalue weighted by atomic mass is 10.1. The van der Waals surface area contributed by atoms with Gasteiger partial charge in [0.1, 0.15) is 0 Å². The van der Waals surface area contributed by atoms with Crippen LogP contribution in [0.4, 0.5) is 0 Å². The number of hydrogen-bond donors (Lipinski definition) is 4. The third-order valence-corrected chi connectivity index (χ3v) is 5.26. The molecule has 0 aliphatic rings. The van der Waals surface area contributed by atoms with Crippen LogP contribution in [-0.2, 0) is 0 Å². The molecule has 0 unspecified atom stereocenters. The minimum atomic E-state index is -0.531. The van der Waals surface area contributed by atoms with Crippen molar-refractivity contribution in [3.63, 3.8) is 0 Å². The fourth-order valence-corrected chi connectivity index (χ4v) is 3.71. The second-order valence-corrected chi connectivity index (χ2v) is 7.42. The second-order valence-electron chi connectivity index (χ2n) is 7.42. The van der Waals surface area contributed by atoms with Crippen molar-refractivity contribution in [2.24, 2.45) is 0 Å². The highest BCUT2D eigenvalue weighted by atomic mass is 16.3. The molecule has 0 radical (unpaired) electrons. The number of aliphatic hydroxyl groups is 1. The number of aromatic amines is 2. The summed E-state index contributed by atoms with van der Waals surface area (Å²) >= 11 is 0. The van der Waals surface area contributed by atoms with Crippen LogP contribution < -0.4 is 5.32 Å². The van der Waals surface area contributed by atoms with Gasteiger partial charge in [-0.2, -0.15) is 0 Å². The van der Waals surface area contributed by atoms with Gasteiger partial charge in [0.05, 0.1) is 34.9 Å². The molecule has 4 N–H and O–H groups in total. The Morgan fingerprint density at radius 3 is 2.58 bits per heavy atom. The number of nitrogens with zero attached hydrogens (tertiary/aromatic N) is 3. The Kier molecular flexibility index (Phi) is 4.68. The summed E-state index contributed by atoms with van der Waals surface area (Å²) < 4.78 is 0. The van der Waals surface area contributed by atoms with E-state index in [4.69, 9.17) is 0 Å². The Morgan fingerprint density at radius 1 is 1.06 bits per heavy atom. The van der Waals surface area contributed by atoms with Crippen LogP contribution in [0.25, 0.3) is 33.2 Å². The van der Waals surface area contributed by atoms with Gasteiger partial charge in [-0.1, -0.05) is 29.8 Å². The Morgan fingerprint density at radius 2 is 1.84 bits per heavy atom. The molecule has 3 heterocycles. The Hall–Kier alpha value is -4.04. The summed E-state index contributed by atoms with van der Waals surface area (Å²) in [6.07, 6.45) is 3.47. The summed E-state index contributed by atoms with van der Waals surface area (Å²) in [5.74, 6) is -0.357. The average Bonchev–Trinajstić information content (AvgIpc) is 3.39. The van der Waals surface area contributed by atoms with Gasteiger partial charge in [-0.15, -0.1) is 0 Å². The molecule has 5 rings (SSSR count). The van der Waals surface area contributed by atoms with Crippen molar-refractivity contribution in [3.8, 4) is 11.3 Å². The van der Waals surface area contributed by atoms with E-state index in [0.29, 0.717) is 11.0 Å². The number of pyridine rings is 1. The van der Waals surface area contributed by atoms with Crippen molar-refractivity contribution in [1.82, 2.24) is 30.5 Å². The van der Waals surface area contributed by atoms with Crippen LogP contribution in [0.2, 0.25) is 0 Å². The number of aliphatic hydroxyl groups excluding tert-OH is 1. The molecule has 8 nitrogen and oxygen atoms in total. The first-order valence-corrected chi connectivity index (χ1v) is 9.89. The van der Waals surface area contributed by atoms with Gasteiger partial charge in [-0.3, -0.25) is 14.9 Å². The number of amides is 1. The van der Waals surface area contributed by atoms with Crippen molar-refractivity contribution < 1.29 is 9.90 Å². The minimum Gasteiger partial charge on any atom is -0.394 e. The molecule has 5 aromatic rings. The zero-order valence-corrected chi connectivity index (χ0v) is 16.8. The SMILES string of the molecule is Cc1cccc([C@@H](CO)NC(=O)c2nc3cc4[nH][nH]c(-c5ccncc5)c4cc3n2)c1. The maximum absolute atomic E-state index is 12.8. The lowest BCUT2D eigenvalue weighted by Gasteiger charge is -2.16. The van der Waals surface area contributed by atoms with Gasteiger partial charge in [-0.05, 0) is 36.8 Å². The predicted octanol–water partition coefficient (Wildman–Crippen LogP) is 3.27. The van der Waals surface area contributed by atoms with E-state index in [1.54, 1.807) is 12.4 Å². The molecule has 0 saturated heterocycles.